The molecular formula is C16H17ClN2O2. The molecule has 0 aliphatic carbocycles. The van der Waals surface area contributed by atoms with Crippen LogP contribution in [0.4, 0.5) is 5.69 Å². The Morgan fingerprint density at radius 2 is 2.05 bits per heavy atom. The first kappa shape index (κ1) is 15.2. The fraction of sp³-hybridized carbons (Fsp3) is 0.188. The highest BCUT2D eigenvalue weighted by atomic mass is 35.5. The van der Waals surface area contributed by atoms with Crippen molar-refractivity contribution in [3.05, 3.63) is 58.6 Å². The fourth-order valence-electron chi connectivity index (χ4n) is 1.84. The first-order valence-corrected chi connectivity index (χ1v) is 6.97. The summed E-state index contributed by atoms with van der Waals surface area (Å²) in [6.07, 6.45) is 0. The molecule has 0 bridgehead atoms. The van der Waals surface area contributed by atoms with Crippen LogP contribution in [0, 0.1) is 6.92 Å². The van der Waals surface area contributed by atoms with E-state index < -0.39 is 0 Å². The number of aryl methyl sites for hydroxylation is 1. The van der Waals surface area contributed by atoms with Gasteiger partial charge in [-0.15, -0.1) is 0 Å². The molecule has 0 aliphatic heterocycles. The van der Waals surface area contributed by atoms with Crippen LogP contribution in [0.5, 0.6) is 5.75 Å². The minimum Gasteiger partial charge on any atom is -0.490 e. The number of ether oxygens (including phenoxy) is 1. The molecule has 3 N–H and O–H groups in total. The highest BCUT2D eigenvalue weighted by molar-refractivity contribution is 6.33. The summed E-state index contributed by atoms with van der Waals surface area (Å²) in [4.78, 5) is 12.0. The van der Waals surface area contributed by atoms with Crippen molar-refractivity contribution in [3.63, 3.8) is 0 Å². The van der Waals surface area contributed by atoms with Crippen LogP contribution >= 0.6 is 11.6 Å². The van der Waals surface area contributed by atoms with Crippen LogP contribution in [-0.4, -0.2) is 19.1 Å². The number of hydrogen-bond donors (Lipinski definition) is 2. The Bertz CT molecular complexity index is 644. The van der Waals surface area contributed by atoms with Crippen LogP contribution in [-0.2, 0) is 0 Å². The van der Waals surface area contributed by atoms with Crippen molar-refractivity contribution >= 4 is 23.2 Å². The average molecular weight is 305 g/mol. The van der Waals surface area contributed by atoms with Crippen LogP contribution in [0.15, 0.2) is 42.5 Å². The van der Waals surface area contributed by atoms with Crippen molar-refractivity contribution in [2.24, 2.45) is 0 Å². The van der Waals surface area contributed by atoms with Crippen molar-refractivity contribution in [1.29, 1.82) is 0 Å². The standard InChI is InChI=1S/C16H17ClN2O2/c1-11-6-7-12(13(17)10-11)16(20)19-8-9-21-15-5-3-2-4-14(15)18/h2-7,10H,8-9,18H2,1H3,(H,19,20). The van der Waals surface area contributed by atoms with Crippen molar-refractivity contribution in [2.45, 2.75) is 6.92 Å². The maximum atomic E-state index is 12.0. The van der Waals surface area contributed by atoms with Gasteiger partial charge in [0.1, 0.15) is 12.4 Å². The number of anilines is 1. The van der Waals surface area contributed by atoms with E-state index in [1.54, 1.807) is 24.3 Å². The number of carbonyl (C=O) groups excluding carboxylic acids is 1. The van der Waals surface area contributed by atoms with Gasteiger partial charge in [-0.25, -0.2) is 0 Å². The molecule has 0 radical (unpaired) electrons. The van der Waals surface area contributed by atoms with Gasteiger partial charge in [-0.1, -0.05) is 29.8 Å². The molecule has 2 aromatic carbocycles. The Labute approximate surface area is 128 Å². The van der Waals surface area contributed by atoms with Crippen molar-refractivity contribution in [2.75, 3.05) is 18.9 Å². The molecule has 21 heavy (non-hydrogen) atoms. The summed E-state index contributed by atoms with van der Waals surface area (Å²) in [5.74, 6) is 0.393. The Morgan fingerprint density at radius 3 is 2.76 bits per heavy atom. The van der Waals surface area contributed by atoms with Gasteiger partial charge in [0.25, 0.3) is 5.91 Å². The third-order valence-electron chi connectivity index (χ3n) is 2.93. The zero-order chi connectivity index (χ0) is 15.2. The number of hydrogen-bond acceptors (Lipinski definition) is 3. The normalized spacial score (nSPS) is 10.2. The van der Waals surface area contributed by atoms with Crippen LogP contribution < -0.4 is 15.8 Å². The van der Waals surface area contributed by atoms with Crippen molar-refractivity contribution < 1.29 is 9.53 Å². The van der Waals surface area contributed by atoms with Gasteiger partial charge in [0.05, 0.1) is 22.8 Å². The number of amides is 1. The van der Waals surface area contributed by atoms with Gasteiger partial charge in [0, 0.05) is 0 Å². The molecule has 0 heterocycles. The highest BCUT2D eigenvalue weighted by Gasteiger charge is 2.09. The highest BCUT2D eigenvalue weighted by Crippen LogP contribution is 2.19. The Morgan fingerprint density at radius 1 is 1.29 bits per heavy atom. The Balaban J connectivity index is 1.83. The average Bonchev–Trinajstić information content (AvgIpc) is 2.45. The van der Waals surface area contributed by atoms with Crippen LogP contribution in [0.1, 0.15) is 15.9 Å². The van der Waals surface area contributed by atoms with Crippen LogP contribution in [0.2, 0.25) is 5.02 Å². The third kappa shape index (κ3) is 4.13. The minimum absolute atomic E-state index is 0.218. The molecule has 0 aliphatic rings. The second kappa shape index (κ2) is 6.99. The number of nitrogen functional groups attached to an aromatic ring is 1. The van der Waals surface area contributed by atoms with Gasteiger partial charge in [0.2, 0.25) is 0 Å². The largest absolute Gasteiger partial charge is 0.490 e. The number of rotatable bonds is 5. The smallest absolute Gasteiger partial charge is 0.252 e. The summed E-state index contributed by atoms with van der Waals surface area (Å²) >= 11 is 6.05. The first-order chi connectivity index (χ1) is 10.1. The maximum absolute atomic E-state index is 12.0. The van der Waals surface area contributed by atoms with Gasteiger partial charge in [0.15, 0.2) is 0 Å². The summed E-state index contributed by atoms with van der Waals surface area (Å²) < 4.78 is 5.50. The number of nitrogens with two attached hydrogens (primary N) is 1. The second-order valence-electron chi connectivity index (χ2n) is 4.63. The third-order valence-corrected chi connectivity index (χ3v) is 3.25. The number of para-hydroxylation sites is 2. The molecule has 5 heteroatoms. The number of halogens is 1. The zero-order valence-corrected chi connectivity index (χ0v) is 12.5. The molecule has 0 fully saturated rings. The van der Waals surface area contributed by atoms with E-state index in [2.05, 4.69) is 5.32 Å². The number of nitrogens with one attached hydrogen (secondary N) is 1. The summed E-state index contributed by atoms with van der Waals surface area (Å²) in [6, 6.07) is 12.6. The summed E-state index contributed by atoms with van der Waals surface area (Å²) in [7, 11) is 0. The second-order valence-corrected chi connectivity index (χ2v) is 5.03. The quantitative estimate of drug-likeness (QED) is 0.659. The molecule has 0 spiro atoms. The van der Waals surface area contributed by atoms with Crippen LogP contribution in [0.25, 0.3) is 0 Å². The zero-order valence-electron chi connectivity index (χ0n) is 11.7. The van der Waals surface area contributed by atoms with Crippen molar-refractivity contribution in [1.82, 2.24) is 5.32 Å². The number of benzene rings is 2. The van der Waals surface area contributed by atoms with E-state index in [1.807, 2.05) is 25.1 Å². The molecule has 1 amide bonds. The van der Waals surface area contributed by atoms with E-state index in [9.17, 15) is 4.79 Å². The lowest BCUT2D eigenvalue weighted by atomic mass is 10.1. The monoisotopic (exact) mass is 304 g/mol. The van der Waals surface area contributed by atoms with E-state index in [0.717, 1.165) is 5.56 Å². The van der Waals surface area contributed by atoms with Crippen molar-refractivity contribution in [3.8, 4) is 5.75 Å². The molecular weight excluding hydrogens is 288 g/mol. The minimum atomic E-state index is -0.218. The van der Waals surface area contributed by atoms with E-state index in [4.69, 9.17) is 22.1 Å². The Hall–Kier alpha value is -2.20. The first-order valence-electron chi connectivity index (χ1n) is 6.59. The fourth-order valence-corrected chi connectivity index (χ4v) is 2.16. The van der Waals surface area contributed by atoms with Gasteiger partial charge in [-0.2, -0.15) is 0 Å². The number of carbonyl (C=O) groups is 1. The van der Waals surface area contributed by atoms with Gasteiger partial charge in [-0.05, 0) is 36.8 Å². The van der Waals surface area contributed by atoms with E-state index >= 15 is 0 Å². The molecule has 110 valence electrons. The van der Waals surface area contributed by atoms with Gasteiger partial charge < -0.3 is 15.8 Å². The lowest BCUT2D eigenvalue weighted by Gasteiger charge is -2.10. The molecule has 0 saturated carbocycles. The summed E-state index contributed by atoms with van der Waals surface area (Å²) in [5, 5.41) is 3.20. The maximum Gasteiger partial charge on any atom is 0.252 e. The van der Waals surface area contributed by atoms with Gasteiger partial charge in [-0.3, -0.25) is 4.79 Å². The molecule has 0 unspecified atom stereocenters. The molecule has 2 rings (SSSR count). The Kier molecular flexibility index (Phi) is 5.06. The predicted octanol–water partition coefficient (Wildman–Crippen LogP) is 3.04. The lowest BCUT2D eigenvalue weighted by Crippen LogP contribution is -2.28. The molecule has 0 atom stereocenters. The molecule has 2 aromatic rings. The molecule has 0 aromatic heterocycles. The van der Waals surface area contributed by atoms with E-state index in [-0.39, 0.29) is 5.91 Å². The van der Waals surface area contributed by atoms with Crippen LogP contribution in [0.3, 0.4) is 0 Å². The molecule has 0 saturated heterocycles. The SMILES string of the molecule is Cc1ccc(C(=O)NCCOc2ccccc2N)c(Cl)c1. The van der Waals surface area contributed by atoms with E-state index in [1.165, 1.54) is 0 Å². The predicted molar refractivity (Wildman–Crippen MR) is 84.9 cm³/mol. The van der Waals surface area contributed by atoms with E-state index in [0.29, 0.717) is 35.2 Å². The molecule has 4 nitrogen and oxygen atoms in total. The summed E-state index contributed by atoms with van der Waals surface area (Å²) in [6.45, 7) is 2.63. The lowest BCUT2D eigenvalue weighted by molar-refractivity contribution is 0.0947. The summed E-state index contributed by atoms with van der Waals surface area (Å²) in [5.41, 5.74) is 7.81. The van der Waals surface area contributed by atoms with Gasteiger partial charge >= 0.3 is 0 Å². The topological polar surface area (TPSA) is 64.3 Å².